The maximum absolute atomic E-state index is 12.6. The summed E-state index contributed by atoms with van der Waals surface area (Å²) >= 11 is 0. The third-order valence-electron chi connectivity index (χ3n) is 5.41. The van der Waals surface area contributed by atoms with Gasteiger partial charge < -0.3 is 19.9 Å². The summed E-state index contributed by atoms with van der Waals surface area (Å²) in [7, 11) is 0. The molecule has 5 rings (SSSR count). The van der Waals surface area contributed by atoms with Gasteiger partial charge in [0, 0.05) is 12.3 Å². The van der Waals surface area contributed by atoms with Crippen molar-refractivity contribution in [2.45, 2.75) is 50.9 Å². The molecule has 1 aromatic rings. The molecule has 6 nitrogen and oxygen atoms in total. The summed E-state index contributed by atoms with van der Waals surface area (Å²) in [5, 5.41) is 13.2. The van der Waals surface area contributed by atoms with Crippen LogP contribution in [0.25, 0.3) is 0 Å². The fourth-order valence-corrected chi connectivity index (χ4v) is 3.69. The number of rotatable bonds is 0. The van der Waals surface area contributed by atoms with E-state index in [1.807, 2.05) is 31.2 Å². The minimum atomic E-state index is -0.629. The molecule has 4 aliphatic heterocycles. The van der Waals surface area contributed by atoms with Gasteiger partial charge in [0.1, 0.15) is 29.8 Å². The molecule has 0 saturated carbocycles. The number of ether oxygens (including phenoxy) is 2. The van der Waals surface area contributed by atoms with Gasteiger partial charge in [0.05, 0.1) is 12.1 Å². The first-order valence-corrected chi connectivity index (χ1v) is 9.18. The fourth-order valence-electron chi connectivity index (χ4n) is 3.69. The molecule has 4 heterocycles. The minimum absolute atomic E-state index is 0.0766. The highest BCUT2D eigenvalue weighted by Gasteiger charge is 2.40. The minimum Gasteiger partial charge on any atom is -0.511 e. The Bertz CT molecular complexity index is 754. The van der Waals surface area contributed by atoms with Gasteiger partial charge in [0.2, 0.25) is 0 Å². The standard InChI is InChI=1S/C20H23NO5/c1-11-3-2-4-15-16(26-15)10-25-13-7-5-12(6-8-13)9-14-19(23)17(18(11)22)20(24)21-14/h5-8,11,14-16,22H,2-4,9-10H2,1H3,(H,21,24)/b18-17-. The molecule has 1 aromatic carbocycles. The molecule has 4 aliphatic rings. The summed E-state index contributed by atoms with van der Waals surface area (Å²) in [6.45, 7) is 2.38. The van der Waals surface area contributed by atoms with Crippen molar-refractivity contribution in [1.82, 2.24) is 5.32 Å². The van der Waals surface area contributed by atoms with E-state index < -0.39 is 11.9 Å². The molecule has 26 heavy (non-hydrogen) atoms. The van der Waals surface area contributed by atoms with Crippen molar-refractivity contribution in [2.75, 3.05) is 6.61 Å². The van der Waals surface area contributed by atoms with E-state index in [-0.39, 0.29) is 35.2 Å². The van der Waals surface area contributed by atoms with Crippen LogP contribution in [0.1, 0.15) is 31.7 Å². The molecule has 0 aliphatic carbocycles. The zero-order chi connectivity index (χ0) is 18.3. The number of hydrogen-bond donors (Lipinski definition) is 2. The number of fused-ring (bicyclic) bond motifs is 7. The Morgan fingerprint density at radius 1 is 1.12 bits per heavy atom. The largest absolute Gasteiger partial charge is 0.511 e. The highest BCUT2D eigenvalue weighted by molar-refractivity contribution is 6.26. The molecule has 4 atom stereocenters. The van der Waals surface area contributed by atoms with Crippen LogP contribution in [-0.2, 0) is 20.7 Å². The number of carbonyl (C=O) groups excluding carboxylic acids is 2. The van der Waals surface area contributed by atoms with E-state index in [0.29, 0.717) is 19.4 Å². The molecule has 0 spiro atoms. The molecule has 4 unspecified atom stereocenters. The molecule has 2 N–H and O–H groups in total. The Kier molecular flexibility index (Phi) is 4.44. The summed E-state index contributed by atoms with van der Waals surface area (Å²) in [6, 6.07) is 6.88. The highest BCUT2D eigenvalue weighted by atomic mass is 16.6. The number of nitrogens with one attached hydrogen (secondary N) is 1. The molecule has 0 radical (unpaired) electrons. The first kappa shape index (κ1) is 17.1. The average Bonchev–Trinajstić information content (AvgIpc) is 3.31. The Balaban J connectivity index is 1.60. The van der Waals surface area contributed by atoms with Crippen molar-refractivity contribution in [3.05, 3.63) is 41.2 Å². The number of benzene rings is 1. The Hall–Kier alpha value is -2.34. The molecule has 1 amide bonds. The van der Waals surface area contributed by atoms with Crippen molar-refractivity contribution in [2.24, 2.45) is 5.92 Å². The predicted molar refractivity (Wildman–Crippen MR) is 93.9 cm³/mol. The van der Waals surface area contributed by atoms with Crippen molar-refractivity contribution in [3.63, 3.8) is 0 Å². The first-order valence-electron chi connectivity index (χ1n) is 9.18. The van der Waals surface area contributed by atoms with Crippen molar-refractivity contribution >= 4 is 11.7 Å². The lowest BCUT2D eigenvalue weighted by Gasteiger charge is -2.12. The topological polar surface area (TPSA) is 88.2 Å². The summed E-state index contributed by atoms with van der Waals surface area (Å²) < 4.78 is 11.4. The van der Waals surface area contributed by atoms with Gasteiger partial charge in [-0.25, -0.2) is 0 Å². The Labute approximate surface area is 152 Å². The summed E-state index contributed by atoms with van der Waals surface area (Å²) in [5.41, 5.74) is 0.849. The SMILES string of the molecule is CC1CCCC2OC2COc2ccc(cc2)CC2NC(=O)/C(=C/1O)C2=O. The number of allylic oxidation sites excluding steroid dienone is 1. The van der Waals surface area contributed by atoms with Crippen molar-refractivity contribution < 1.29 is 24.2 Å². The summed E-state index contributed by atoms with van der Waals surface area (Å²) in [6.07, 6.45) is 3.13. The van der Waals surface area contributed by atoms with Crippen molar-refractivity contribution in [3.8, 4) is 5.75 Å². The number of aliphatic hydroxyl groups excluding tert-OH is 1. The van der Waals surface area contributed by atoms with Gasteiger partial charge in [-0.15, -0.1) is 0 Å². The number of carbonyl (C=O) groups is 2. The molecule has 2 saturated heterocycles. The number of epoxide rings is 1. The fraction of sp³-hybridized carbons (Fsp3) is 0.500. The van der Waals surface area contributed by atoms with Gasteiger partial charge in [0.15, 0.2) is 5.78 Å². The van der Waals surface area contributed by atoms with Crippen LogP contribution in [0.5, 0.6) is 5.75 Å². The first-order chi connectivity index (χ1) is 12.5. The van der Waals surface area contributed by atoms with Gasteiger partial charge in [-0.3, -0.25) is 9.59 Å². The van der Waals surface area contributed by atoms with E-state index in [0.717, 1.165) is 24.2 Å². The summed E-state index contributed by atoms with van der Waals surface area (Å²) in [4.78, 5) is 24.9. The predicted octanol–water partition coefficient (Wildman–Crippen LogP) is 2.07. The third-order valence-corrected chi connectivity index (χ3v) is 5.41. The van der Waals surface area contributed by atoms with Gasteiger partial charge in [-0.05, 0) is 30.5 Å². The lowest BCUT2D eigenvalue weighted by Crippen LogP contribution is -2.31. The van der Waals surface area contributed by atoms with Crippen LogP contribution in [0.3, 0.4) is 0 Å². The van der Waals surface area contributed by atoms with Gasteiger partial charge in [-0.1, -0.05) is 25.5 Å². The molecule has 6 heteroatoms. The Morgan fingerprint density at radius 2 is 1.88 bits per heavy atom. The number of Topliss-reactive ketones (excluding diaryl/α,β-unsaturated/α-hetero) is 1. The second kappa shape index (κ2) is 6.76. The maximum Gasteiger partial charge on any atom is 0.259 e. The number of amides is 1. The molecule has 138 valence electrons. The van der Waals surface area contributed by atoms with E-state index in [9.17, 15) is 14.7 Å². The van der Waals surface area contributed by atoms with Crippen LogP contribution in [-0.4, -0.2) is 41.7 Å². The van der Waals surface area contributed by atoms with Crippen LogP contribution in [0, 0.1) is 5.92 Å². The van der Waals surface area contributed by atoms with Crippen LogP contribution >= 0.6 is 0 Å². The van der Waals surface area contributed by atoms with Crippen LogP contribution in [0.15, 0.2) is 35.6 Å². The third kappa shape index (κ3) is 3.33. The lowest BCUT2D eigenvalue weighted by atomic mass is 9.94. The summed E-state index contributed by atoms with van der Waals surface area (Å²) in [5.74, 6) is -0.362. The second-order valence-corrected chi connectivity index (χ2v) is 7.35. The number of hydrogen-bond acceptors (Lipinski definition) is 5. The van der Waals surface area contributed by atoms with E-state index in [2.05, 4.69) is 5.32 Å². The van der Waals surface area contributed by atoms with Gasteiger partial charge in [-0.2, -0.15) is 0 Å². The second-order valence-electron chi connectivity index (χ2n) is 7.35. The van der Waals surface area contributed by atoms with E-state index in [1.165, 1.54) is 0 Å². The van der Waals surface area contributed by atoms with Gasteiger partial charge >= 0.3 is 0 Å². The number of aliphatic hydroxyl groups is 1. The van der Waals surface area contributed by atoms with E-state index in [4.69, 9.17) is 9.47 Å². The Morgan fingerprint density at radius 3 is 2.65 bits per heavy atom. The number of ketones is 1. The van der Waals surface area contributed by atoms with E-state index in [1.54, 1.807) is 0 Å². The molecule has 4 bridgehead atoms. The molecule has 0 aromatic heterocycles. The quantitative estimate of drug-likeness (QED) is 0.548. The van der Waals surface area contributed by atoms with Crippen LogP contribution in [0.2, 0.25) is 0 Å². The van der Waals surface area contributed by atoms with Crippen LogP contribution in [0.4, 0.5) is 0 Å². The monoisotopic (exact) mass is 357 g/mol. The highest BCUT2D eigenvalue weighted by Crippen LogP contribution is 2.31. The molecule has 2 fully saturated rings. The van der Waals surface area contributed by atoms with Gasteiger partial charge in [0.25, 0.3) is 5.91 Å². The van der Waals surface area contributed by atoms with Crippen LogP contribution < -0.4 is 10.1 Å². The lowest BCUT2D eigenvalue weighted by molar-refractivity contribution is -0.117. The zero-order valence-corrected chi connectivity index (χ0v) is 14.7. The maximum atomic E-state index is 12.6. The smallest absolute Gasteiger partial charge is 0.259 e. The van der Waals surface area contributed by atoms with E-state index >= 15 is 0 Å². The average molecular weight is 357 g/mol. The normalized spacial score (nSPS) is 34.7. The van der Waals surface area contributed by atoms with Crippen molar-refractivity contribution in [1.29, 1.82) is 0 Å². The molecular weight excluding hydrogens is 334 g/mol. The zero-order valence-electron chi connectivity index (χ0n) is 14.7. The molecular formula is C20H23NO5.